The topological polar surface area (TPSA) is 12.0 Å². The second kappa shape index (κ2) is 5.39. The van der Waals surface area contributed by atoms with Gasteiger partial charge in [-0.2, -0.15) is 13.2 Å². The lowest BCUT2D eigenvalue weighted by Gasteiger charge is -2.37. The van der Waals surface area contributed by atoms with E-state index in [-0.39, 0.29) is 5.92 Å². The van der Waals surface area contributed by atoms with Crippen LogP contribution < -0.4 is 5.32 Å². The molecule has 0 spiro atoms. The largest absolute Gasteiger partial charge is 0.404 e. The van der Waals surface area contributed by atoms with Crippen molar-refractivity contribution in [2.75, 3.05) is 6.54 Å². The molecular weight excluding hydrogens is 215 g/mol. The average molecular weight is 237 g/mol. The Balaban J connectivity index is 2.65. The summed E-state index contributed by atoms with van der Waals surface area (Å²) >= 11 is 0. The monoisotopic (exact) mass is 237 g/mol. The van der Waals surface area contributed by atoms with Crippen LogP contribution in [0.4, 0.5) is 13.2 Å². The Morgan fingerprint density at radius 1 is 1.19 bits per heavy atom. The van der Waals surface area contributed by atoms with Gasteiger partial charge in [-0.1, -0.05) is 27.2 Å². The fourth-order valence-corrected chi connectivity index (χ4v) is 2.66. The quantitative estimate of drug-likeness (QED) is 0.790. The highest BCUT2D eigenvalue weighted by Gasteiger charge is 2.45. The van der Waals surface area contributed by atoms with Gasteiger partial charge >= 0.3 is 6.18 Å². The predicted molar refractivity (Wildman–Crippen MR) is 59.2 cm³/mol. The first kappa shape index (κ1) is 13.8. The Bertz CT molecular complexity index is 215. The van der Waals surface area contributed by atoms with Crippen molar-refractivity contribution in [1.29, 1.82) is 0 Å². The molecule has 1 N–H and O–H groups in total. The van der Waals surface area contributed by atoms with Crippen LogP contribution in [-0.4, -0.2) is 18.8 Å². The number of hydrogen-bond donors (Lipinski definition) is 1. The van der Waals surface area contributed by atoms with E-state index in [1.165, 1.54) is 0 Å². The van der Waals surface area contributed by atoms with Crippen LogP contribution in [-0.2, 0) is 0 Å². The third-order valence-electron chi connectivity index (χ3n) is 3.89. The van der Waals surface area contributed by atoms with E-state index < -0.39 is 12.2 Å². The molecule has 0 aliphatic heterocycles. The van der Waals surface area contributed by atoms with E-state index in [1.807, 2.05) is 0 Å². The van der Waals surface area contributed by atoms with Crippen molar-refractivity contribution >= 4 is 0 Å². The number of nitrogens with one attached hydrogen (secondary N) is 1. The molecule has 0 heterocycles. The van der Waals surface area contributed by atoms with Crippen LogP contribution in [0.25, 0.3) is 0 Å². The second-order valence-electron chi connectivity index (χ2n) is 5.10. The zero-order chi connectivity index (χ0) is 12.3. The molecule has 96 valence electrons. The van der Waals surface area contributed by atoms with Crippen molar-refractivity contribution in [2.45, 2.75) is 52.3 Å². The van der Waals surface area contributed by atoms with Crippen molar-refractivity contribution in [3.8, 4) is 0 Å². The van der Waals surface area contributed by atoms with E-state index >= 15 is 0 Å². The van der Waals surface area contributed by atoms with E-state index in [4.69, 9.17) is 0 Å². The molecule has 1 fully saturated rings. The van der Waals surface area contributed by atoms with Gasteiger partial charge in [0.1, 0.15) is 6.04 Å². The number of hydrogen-bond acceptors (Lipinski definition) is 1. The van der Waals surface area contributed by atoms with Crippen LogP contribution in [0.15, 0.2) is 0 Å². The van der Waals surface area contributed by atoms with E-state index in [9.17, 15) is 13.2 Å². The van der Waals surface area contributed by atoms with Gasteiger partial charge in [0, 0.05) is 0 Å². The van der Waals surface area contributed by atoms with E-state index in [1.54, 1.807) is 6.92 Å². The molecule has 0 bridgehead atoms. The first-order valence-electron chi connectivity index (χ1n) is 6.16. The van der Waals surface area contributed by atoms with Crippen LogP contribution in [0.2, 0.25) is 0 Å². The Morgan fingerprint density at radius 2 is 1.81 bits per heavy atom. The average Bonchev–Trinajstić information content (AvgIpc) is 2.17. The summed E-state index contributed by atoms with van der Waals surface area (Å²) in [5, 5.41) is 2.60. The van der Waals surface area contributed by atoms with Crippen molar-refractivity contribution in [3.63, 3.8) is 0 Å². The Labute approximate surface area is 95.8 Å². The molecular formula is C12H22F3N. The number of rotatable bonds is 3. The van der Waals surface area contributed by atoms with Crippen LogP contribution in [0.1, 0.15) is 40.0 Å². The van der Waals surface area contributed by atoms with Gasteiger partial charge in [0.25, 0.3) is 0 Å². The maximum Gasteiger partial charge on any atom is 0.404 e. The summed E-state index contributed by atoms with van der Waals surface area (Å²) in [5.74, 6) is 0.722. The summed E-state index contributed by atoms with van der Waals surface area (Å²) in [7, 11) is 0. The third-order valence-corrected chi connectivity index (χ3v) is 3.89. The van der Waals surface area contributed by atoms with Gasteiger partial charge in [0.2, 0.25) is 0 Å². The van der Waals surface area contributed by atoms with E-state index in [2.05, 4.69) is 19.2 Å². The predicted octanol–water partition coefficient (Wildman–Crippen LogP) is 3.60. The zero-order valence-corrected chi connectivity index (χ0v) is 10.3. The SMILES string of the molecule is CCNC(C1CCC(C)C(C)C1)C(F)(F)F. The van der Waals surface area contributed by atoms with Crippen LogP contribution in [0, 0.1) is 17.8 Å². The lowest BCUT2D eigenvalue weighted by Crippen LogP contribution is -2.49. The van der Waals surface area contributed by atoms with Crippen LogP contribution >= 0.6 is 0 Å². The van der Waals surface area contributed by atoms with E-state index in [0.717, 1.165) is 6.42 Å². The molecule has 1 aliphatic rings. The summed E-state index contributed by atoms with van der Waals surface area (Å²) in [5.41, 5.74) is 0. The molecule has 0 aromatic carbocycles. The number of alkyl halides is 3. The smallest absolute Gasteiger partial charge is 0.306 e. The van der Waals surface area contributed by atoms with Crippen molar-refractivity contribution in [3.05, 3.63) is 0 Å². The molecule has 0 amide bonds. The first-order chi connectivity index (χ1) is 7.36. The normalized spacial score (nSPS) is 33.8. The molecule has 1 saturated carbocycles. The van der Waals surface area contributed by atoms with Gasteiger partial charge < -0.3 is 5.32 Å². The molecule has 1 aliphatic carbocycles. The standard InChI is InChI=1S/C12H22F3N/c1-4-16-11(12(13,14)15)10-6-5-8(2)9(3)7-10/h8-11,16H,4-7H2,1-3H3. The Kier molecular flexibility index (Phi) is 4.65. The molecule has 0 saturated heterocycles. The lowest BCUT2D eigenvalue weighted by atomic mass is 9.73. The fraction of sp³-hybridized carbons (Fsp3) is 1.00. The molecule has 16 heavy (non-hydrogen) atoms. The minimum absolute atomic E-state index is 0.244. The summed E-state index contributed by atoms with van der Waals surface area (Å²) in [6.07, 6.45) is -1.80. The molecule has 1 rings (SSSR count). The molecule has 4 unspecified atom stereocenters. The van der Waals surface area contributed by atoms with Gasteiger partial charge in [-0.25, -0.2) is 0 Å². The molecule has 4 atom stereocenters. The molecule has 0 aromatic heterocycles. The summed E-state index contributed by atoms with van der Waals surface area (Å²) in [6.45, 7) is 6.31. The van der Waals surface area contributed by atoms with Gasteiger partial charge in [-0.15, -0.1) is 0 Å². The van der Waals surface area contributed by atoms with Crippen LogP contribution in [0.3, 0.4) is 0 Å². The zero-order valence-electron chi connectivity index (χ0n) is 10.3. The van der Waals surface area contributed by atoms with Crippen molar-refractivity contribution in [2.24, 2.45) is 17.8 Å². The summed E-state index contributed by atoms with van der Waals surface area (Å²) < 4.78 is 38.6. The van der Waals surface area contributed by atoms with Gasteiger partial charge in [-0.05, 0) is 37.1 Å². The summed E-state index contributed by atoms with van der Waals surface area (Å²) in [6, 6.07) is -1.31. The summed E-state index contributed by atoms with van der Waals surface area (Å²) in [4.78, 5) is 0. The fourth-order valence-electron chi connectivity index (χ4n) is 2.66. The van der Waals surface area contributed by atoms with Crippen LogP contribution in [0.5, 0.6) is 0 Å². The number of halogens is 3. The third kappa shape index (κ3) is 3.37. The minimum Gasteiger partial charge on any atom is -0.306 e. The maximum atomic E-state index is 12.9. The molecule has 0 aromatic rings. The second-order valence-corrected chi connectivity index (χ2v) is 5.10. The highest BCUT2D eigenvalue weighted by molar-refractivity contribution is 4.87. The lowest BCUT2D eigenvalue weighted by molar-refractivity contribution is -0.172. The molecule has 1 nitrogen and oxygen atoms in total. The van der Waals surface area contributed by atoms with Gasteiger partial charge in [0.15, 0.2) is 0 Å². The first-order valence-corrected chi connectivity index (χ1v) is 6.16. The molecule has 4 heteroatoms. The molecule has 0 radical (unpaired) electrons. The highest BCUT2D eigenvalue weighted by atomic mass is 19.4. The van der Waals surface area contributed by atoms with Gasteiger partial charge in [-0.3, -0.25) is 0 Å². The Morgan fingerprint density at radius 3 is 2.25 bits per heavy atom. The maximum absolute atomic E-state index is 12.9. The highest BCUT2D eigenvalue weighted by Crippen LogP contribution is 2.39. The van der Waals surface area contributed by atoms with Gasteiger partial charge in [0.05, 0.1) is 0 Å². The van der Waals surface area contributed by atoms with Crippen molar-refractivity contribution in [1.82, 2.24) is 5.32 Å². The Hall–Kier alpha value is -0.250. The van der Waals surface area contributed by atoms with Crippen molar-refractivity contribution < 1.29 is 13.2 Å². The van der Waals surface area contributed by atoms with E-state index in [0.29, 0.717) is 31.2 Å². The minimum atomic E-state index is -4.11.